The molecule has 2 bridgehead atoms. The van der Waals surface area contributed by atoms with Crippen LogP contribution in [0.4, 0.5) is 0 Å². The van der Waals surface area contributed by atoms with Crippen molar-refractivity contribution in [3.63, 3.8) is 0 Å². The second-order valence-electron chi connectivity index (χ2n) is 13.7. The quantitative estimate of drug-likeness (QED) is 0.188. The van der Waals surface area contributed by atoms with E-state index in [1.807, 2.05) is 58.0 Å². The minimum absolute atomic E-state index is 0.115. The Morgan fingerprint density at radius 3 is 2.41 bits per heavy atom. The first kappa shape index (κ1) is 35.8. The molecule has 1 N–H and O–H groups in total. The Balaban J connectivity index is 1.74. The number of hydrogen-bond acceptors (Lipinski definition) is 7. The molecule has 0 aromatic heterocycles. The zero-order valence-corrected chi connectivity index (χ0v) is 29.3. The zero-order chi connectivity index (χ0) is 34.1. The molecule has 0 saturated carbocycles. The van der Waals surface area contributed by atoms with Crippen molar-refractivity contribution in [2.45, 2.75) is 100 Å². The minimum Gasteiger partial charge on any atom is -0.455 e. The van der Waals surface area contributed by atoms with Crippen LogP contribution in [0.3, 0.4) is 0 Å². The predicted octanol–water partition coefficient (Wildman–Crippen LogP) is 4.03. The third-order valence-electron chi connectivity index (χ3n) is 9.74. The van der Waals surface area contributed by atoms with Crippen molar-refractivity contribution in [2.24, 2.45) is 11.8 Å². The Morgan fingerprint density at radius 1 is 1.20 bits per heavy atom. The first-order valence-electron chi connectivity index (χ1n) is 16.0. The molecule has 46 heavy (non-hydrogen) atoms. The number of fused-ring (bicyclic) bond motifs is 1. The molecule has 1 unspecified atom stereocenters. The van der Waals surface area contributed by atoms with Crippen LogP contribution in [0.25, 0.3) is 0 Å². The van der Waals surface area contributed by atoms with E-state index in [1.165, 1.54) is 4.90 Å². The number of esters is 1. The van der Waals surface area contributed by atoms with E-state index in [0.717, 1.165) is 0 Å². The van der Waals surface area contributed by atoms with Crippen LogP contribution in [0, 0.1) is 11.8 Å². The van der Waals surface area contributed by atoms with E-state index in [1.54, 1.807) is 35.9 Å². The normalized spacial score (nSPS) is 28.7. The van der Waals surface area contributed by atoms with Crippen LogP contribution >= 0.6 is 15.9 Å². The lowest BCUT2D eigenvalue weighted by molar-refractivity contribution is -0.165. The van der Waals surface area contributed by atoms with Gasteiger partial charge in [0.25, 0.3) is 0 Å². The molecule has 3 heterocycles. The van der Waals surface area contributed by atoms with Gasteiger partial charge in [0.1, 0.15) is 17.7 Å². The fourth-order valence-corrected chi connectivity index (χ4v) is 8.22. The summed E-state index contributed by atoms with van der Waals surface area (Å²) in [7, 11) is 1.68. The molecule has 1 aromatic carbocycles. The maximum absolute atomic E-state index is 14.5. The lowest BCUT2D eigenvalue weighted by Gasteiger charge is -2.43. The highest BCUT2D eigenvalue weighted by molar-refractivity contribution is 9.09. The number of alkyl halides is 1. The van der Waals surface area contributed by atoms with Crippen LogP contribution < -0.4 is 0 Å². The first-order valence-corrected chi connectivity index (χ1v) is 16.9. The van der Waals surface area contributed by atoms with Crippen LogP contribution in [-0.2, 0) is 28.7 Å². The Bertz CT molecular complexity index is 1330. The molecular weight excluding hydrogens is 654 g/mol. The monoisotopic (exact) mass is 701 g/mol. The highest BCUT2D eigenvalue weighted by atomic mass is 79.9. The second-order valence-corrected chi connectivity index (χ2v) is 14.9. The van der Waals surface area contributed by atoms with Gasteiger partial charge in [-0.05, 0) is 53.0 Å². The topological polar surface area (TPSA) is 117 Å². The summed E-state index contributed by atoms with van der Waals surface area (Å²) in [6, 6.07) is 6.90. The van der Waals surface area contributed by atoms with Gasteiger partial charge in [0.05, 0.1) is 36.6 Å². The summed E-state index contributed by atoms with van der Waals surface area (Å²) in [4.78, 5) is 60.5. The van der Waals surface area contributed by atoms with E-state index in [4.69, 9.17) is 9.47 Å². The number of hydrogen-bond donors (Lipinski definition) is 1. The molecule has 9 atom stereocenters. The predicted molar refractivity (Wildman–Crippen MR) is 178 cm³/mol. The Hall–Kier alpha value is -3.02. The summed E-state index contributed by atoms with van der Waals surface area (Å²) in [5.74, 6) is -3.50. The number of allylic oxidation sites excluding steroid dienone is 1. The van der Waals surface area contributed by atoms with Gasteiger partial charge in [-0.15, -0.1) is 13.2 Å². The molecule has 3 aliphatic heterocycles. The van der Waals surface area contributed by atoms with Gasteiger partial charge in [-0.3, -0.25) is 19.2 Å². The lowest BCUT2D eigenvalue weighted by Crippen LogP contribution is -2.61. The Kier molecular flexibility index (Phi) is 10.9. The molecule has 3 amide bonds. The number of aliphatic hydroxyl groups excluding tert-OH is 1. The third kappa shape index (κ3) is 6.30. The molecule has 10 nitrogen and oxygen atoms in total. The fraction of sp³-hybridized carbons (Fsp3) is 0.600. The van der Waals surface area contributed by atoms with Crippen molar-refractivity contribution >= 4 is 39.6 Å². The van der Waals surface area contributed by atoms with Gasteiger partial charge in [0.15, 0.2) is 0 Å². The molecule has 3 fully saturated rings. The molecule has 3 aliphatic rings. The molecule has 0 aliphatic carbocycles. The number of likely N-dealkylation sites (tertiary alicyclic amines) is 1. The van der Waals surface area contributed by atoms with Crippen LogP contribution in [0.5, 0.6) is 0 Å². The van der Waals surface area contributed by atoms with Crippen molar-refractivity contribution in [3.05, 3.63) is 61.2 Å². The summed E-state index contributed by atoms with van der Waals surface area (Å²) < 4.78 is 12.9. The SMILES string of the molecule is C=CCCC(=O)N(C)[C@H](C)[C@H](OC(=O)[C@@H]1[C@H]2O[C@@]3(CC2Br)[C@H](C(=O)N(CC=C)C(C)(C)C)N([C@H](C)CO)C(=O)[C@@H]13)c1ccccc1. The number of benzene rings is 1. The number of halogens is 1. The largest absolute Gasteiger partial charge is 0.455 e. The average Bonchev–Trinajstić information content (AvgIpc) is 3.62. The van der Waals surface area contributed by atoms with Gasteiger partial charge in [-0.1, -0.05) is 58.4 Å². The standard InChI is InChI=1S/C35H48BrN3O7/c1-9-11-17-25(41)37(8)22(4)28(23-15-13-12-14-16-23)45-33(44)26-27-31(42)39(21(3)20-40)30(35(27)19-24(36)29(26)46-35)32(43)38(18-10-2)34(5,6)7/h9-10,12-16,21-22,24,26-30,40H,1-2,11,17-20H2,3-8H3/t21-,22-,24?,26+,27-,28+,29+,30+,35-/m1/s1. The number of carbonyl (C=O) groups excluding carboxylic acids is 4. The van der Waals surface area contributed by atoms with E-state index in [2.05, 4.69) is 29.1 Å². The van der Waals surface area contributed by atoms with E-state index < -0.39 is 65.2 Å². The summed E-state index contributed by atoms with van der Waals surface area (Å²) in [6.45, 7) is 16.6. The van der Waals surface area contributed by atoms with Crippen molar-refractivity contribution in [2.75, 3.05) is 20.2 Å². The number of carbonyl (C=O) groups is 4. The highest BCUT2D eigenvalue weighted by Gasteiger charge is 2.77. The molecule has 1 aromatic rings. The Labute approximate surface area is 280 Å². The van der Waals surface area contributed by atoms with Crippen molar-refractivity contribution in [1.29, 1.82) is 0 Å². The molecule has 4 rings (SSSR count). The average molecular weight is 703 g/mol. The van der Waals surface area contributed by atoms with E-state index in [9.17, 15) is 24.3 Å². The maximum atomic E-state index is 14.5. The number of aliphatic hydroxyl groups is 1. The summed E-state index contributed by atoms with van der Waals surface area (Å²) in [5, 5.41) is 10.2. The number of amides is 3. The smallest absolute Gasteiger partial charge is 0.313 e. The van der Waals surface area contributed by atoms with Gasteiger partial charge in [0, 0.05) is 30.4 Å². The lowest BCUT2D eigenvalue weighted by atomic mass is 9.70. The van der Waals surface area contributed by atoms with E-state index in [0.29, 0.717) is 18.4 Å². The number of ether oxygens (including phenoxy) is 2. The van der Waals surface area contributed by atoms with Gasteiger partial charge >= 0.3 is 5.97 Å². The number of rotatable bonds is 13. The van der Waals surface area contributed by atoms with E-state index >= 15 is 0 Å². The van der Waals surface area contributed by atoms with Gasteiger partial charge in [-0.2, -0.15) is 0 Å². The first-order chi connectivity index (χ1) is 21.7. The van der Waals surface area contributed by atoms with Gasteiger partial charge in [-0.25, -0.2) is 0 Å². The number of likely N-dealkylation sites (N-methyl/N-ethyl adjacent to an activating group) is 1. The Morgan fingerprint density at radius 2 is 1.85 bits per heavy atom. The molecule has 252 valence electrons. The van der Waals surface area contributed by atoms with Crippen LogP contribution in [0.1, 0.15) is 65.5 Å². The van der Waals surface area contributed by atoms with Gasteiger partial charge < -0.3 is 29.3 Å². The van der Waals surface area contributed by atoms with Crippen molar-refractivity contribution < 1.29 is 33.8 Å². The molecule has 1 spiro atoms. The molecular formula is C35H48BrN3O7. The zero-order valence-electron chi connectivity index (χ0n) is 27.7. The molecule has 0 radical (unpaired) electrons. The maximum Gasteiger partial charge on any atom is 0.313 e. The third-order valence-corrected chi connectivity index (χ3v) is 10.6. The van der Waals surface area contributed by atoms with Crippen LogP contribution in [-0.4, -0.2) is 104 Å². The van der Waals surface area contributed by atoms with E-state index in [-0.39, 0.29) is 36.2 Å². The molecule has 11 heteroatoms. The second kappa shape index (κ2) is 14.0. The summed E-state index contributed by atoms with van der Waals surface area (Å²) in [5.41, 5.74) is -1.21. The summed E-state index contributed by atoms with van der Waals surface area (Å²) in [6.07, 6.45) is 2.89. The van der Waals surface area contributed by atoms with Crippen LogP contribution in [0.2, 0.25) is 0 Å². The van der Waals surface area contributed by atoms with Crippen molar-refractivity contribution in [3.8, 4) is 0 Å². The number of nitrogens with zero attached hydrogens (tertiary/aromatic N) is 3. The van der Waals surface area contributed by atoms with Crippen LogP contribution in [0.15, 0.2) is 55.6 Å². The summed E-state index contributed by atoms with van der Waals surface area (Å²) >= 11 is 3.71. The highest BCUT2D eigenvalue weighted by Crippen LogP contribution is 2.61. The van der Waals surface area contributed by atoms with Crippen molar-refractivity contribution in [1.82, 2.24) is 14.7 Å². The van der Waals surface area contributed by atoms with Gasteiger partial charge in [0.2, 0.25) is 17.7 Å². The molecule has 3 saturated heterocycles. The minimum atomic E-state index is -1.31. The fourth-order valence-electron chi connectivity index (χ4n) is 7.27.